The molecule has 3 heterocycles. The van der Waals surface area contributed by atoms with E-state index in [9.17, 15) is 27.6 Å². The van der Waals surface area contributed by atoms with Gasteiger partial charge in [0.2, 0.25) is 0 Å². The van der Waals surface area contributed by atoms with Crippen molar-refractivity contribution in [3.8, 4) is 0 Å². The zero-order valence-corrected chi connectivity index (χ0v) is 24.6. The molecular weight excluding hydrogens is 593 g/mol. The molecule has 222 valence electrons. The van der Waals surface area contributed by atoms with Crippen molar-refractivity contribution in [1.82, 2.24) is 19.6 Å². The van der Waals surface area contributed by atoms with Gasteiger partial charge < -0.3 is 9.64 Å². The van der Waals surface area contributed by atoms with Crippen LogP contribution in [-0.4, -0.2) is 61.6 Å². The Morgan fingerprint density at radius 1 is 1.17 bits per heavy atom. The second-order valence-corrected chi connectivity index (χ2v) is 12.6. The summed E-state index contributed by atoms with van der Waals surface area (Å²) < 4.78 is 47.6. The monoisotopic (exact) mass is 620 g/mol. The molecule has 2 aliphatic heterocycles. The maximum Gasteiger partial charge on any atom is 0.416 e. The summed E-state index contributed by atoms with van der Waals surface area (Å²) in [5, 5.41) is 4.52. The number of piperidine rings is 1. The van der Waals surface area contributed by atoms with Crippen LogP contribution in [0.15, 0.2) is 47.5 Å². The number of hydrogen-bond donors (Lipinski definition) is 0. The molecule has 0 radical (unpaired) electrons. The number of thioether (sulfide) groups is 1. The lowest BCUT2D eigenvalue weighted by atomic mass is 10.0. The van der Waals surface area contributed by atoms with Crippen LogP contribution in [0, 0.1) is 0 Å². The average Bonchev–Trinajstić information content (AvgIpc) is 3.42. The molecule has 1 aromatic heterocycles. The Morgan fingerprint density at radius 3 is 2.64 bits per heavy atom. The Morgan fingerprint density at radius 2 is 1.93 bits per heavy atom. The first-order valence-electron chi connectivity index (χ1n) is 13.3. The van der Waals surface area contributed by atoms with Gasteiger partial charge in [-0.2, -0.15) is 18.3 Å². The number of likely N-dealkylation sites (tertiary alicyclic amines) is 1. The molecule has 0 N–H and O–H groups in total. The van der Waals surface area contributed by atoms with Crippen molar-refractivity contribution >= 4 is 57.6 Å². The number of aromatic nitrogens is 2. The molecule has 8 nitrogen and oxygen atoms in total. The van der Waals surface area contributed by atoms with Gasteiger partial charge in [-0.25, -0.2) is 4.79 Å². The zero-order chi connectivity index (χ0) is 30.4. The molecular formula is C29H28ClF3N4O4S. The van der Waals surface area contributed by atoms with Gasteiger partial charge in [0.25, 0.3) is 11.1 Å². The van der Waals surface area contributed by atoms with Gasteiger partial charge >= 0.3 is 12.3 Å². The highest BCUT2D eigenvalue weighted by Gasteiger charge is 2.42. The van der Waals surface area contributed by atoms with Crippen molar-refractivity contribution in [2.45, 2.75) is 58.0 Å². The smallest absolute Gasteiger partial charge is 0.416 e. The molecule has 0 bridgehead atoms. The number of nitrogens with zero attached hydrogens (tertiary/aromatic N) is 4. The van der Waals surface area contributed by atoms with Crippen LogP contribution in [0.5, 0.6) is 0 Å². The molecule has 2 fully saturated rings. The predicted molar refractivity (Wildman–Crippen MR) is 154 cm³/mol. The number of alkyl halides is 3. The molecule has 13 heteroatoms. The lowest BCUT2D eigenvalue weighted by Crippen LogP contribution is -2.52. The number of ether oxygens (including phenoxy) is 1. The number of carbonyl (C=O) groups is 3. The highest BCUT2D eigenvalue weighted by Crippen LogP contribution is 2.37. The molecule has 1 atom stereocenters. The molecule has 2 aromatic carbocycles. The van der Waals surface area contributed by atoms with Crippen molar-refractivity contribution in [2.75, 3.05) is 13.1 Å². The first-order chi connectivity index (χ1) is 19.7. The summed E-state index contributed by atoms with van der Waals surface area (Å²) in [5.41, 5.74) is -0.211. The number of imide groups is 1. The summed E-state index contributed by atoms with van der Waals surface area (Å²) in [6, 6.07) is 8.36. The van der Waals surface area contributed by atoms with Crippen LogP contribution in [-0.2, 0) is 22.3 Å². The molecule has 0 aliphatic carbocycles. The highest BCUT2D eigenvalue weighted by atomic mass is 35.5. The quantitative estimate of drug-likeness (QED) is 0.287. The van der Waals surface area contributed by atoms with Crippen molar-refractivity contribution in [3.05, 3.63) is 69.2 Å². The predicted octanol–water partition coefficient (Wildman–Crippen LogP) is 7.19. The van der Waals surface area contributed by atoms with Gasteiger partial charge in [-0.3, -0.25) is 19.2 Å². The topological polar surface area (TPSA) is 84.7 Å². The van der Waals surface area contributed by atoms with Crippen LogP contribution in [0.25, 0.3) is 17.0 Å². The molecule has 2 aliphatic rings. The third-order valence-corrected chi connectivity index (χ3v) is 8.02. The van der Waals surface area contributed by atoms with Crippen LogP contribution >= 0.6 is 23.4 Å². The second kappa shape index (κ2) is 11.3. The van der Waals surface area contributed by atoms with Gasteiger partial charge in [0.1, 0.15) is 5.60 Å². The summed E-state index contributed by atoms with van der Waals surface area (Å²) in [6.07, 6.45) is -0.684. The van der Waals surface area contributed by atoms with Gasteiger partial charge in [-0.15, -0.1) is 0 Å². The fourth-order valence-corrected chi connectivity index (χ4v) is 6.11. The molecule has 42 heavy (non-hydrogen) atoms. The van der Waals surface area contributed by atoms with Crippen LogP contribution in [0.2, 0.25) is 5.02 Å². The van der Waals surface area contributed by atoms with E-state index in [0.717, 1.165) is 17.8 Å². The lowest BCUT2D eigenvalue weighted by molar-refractivity contribution is -0.138. The van der Waals surface area contributed by atoms with Crippen LogP contribution in [0.4, 0.5) is 22.8 Å². The normalized spacial score (nSPS) is 19.3. The lowest BCUT2D eigenvalue weighted by Gasteiger charge is -2.36. The van der Waals surface area contributed by atoms with Gasteiger partial charge in [0.15, 0.2) is 0 Å². The van der Waals surface area contributed by atoms with Crippen molar-refractivity contribution in [2.24, 2.45) is 0 Å². The molecule has 2 saturated heterocycles. The fourth-order valence-electron chi connectivity index (χ4n) is 5.04. The van der Waals surface area contributed by atoms with Gasteiger partial charge in [-0.05, 0) is 86.8 Å². The van der Waals surface area contributed by atoms with E-state index in [1.807, 2.05) is 0 Å². The maximum atomic E-state index is 13.6. The Labute approximate surface area is 249 Å². The van der Waals surface area contributed by atoms with E-state index in [4.69, 9.17) is 16.3 Å². The minimum absolute atomic E-state index is 0.00527. The van der Waals surface area contributed by atoms with Gasteiger partial charge in [0, 0.05) is 23.5 Å². The van der Waals surface area contributed by atoms with E-state index in [1.54, 1.807) is 45.0 Å². The average molecular weight is 621 g/mol. The van der Waals surface area contributed by atoms with Crippen LogP contribution in [0.3, 0.4) is 0 Å². The Kier molecular flexibility index (Phi) is 8.06. The number of carbonyl (C=O) groups excluding carboxylic acids is 3. The van der Waals surface area contributed by atoms with E-state index in [1.165, 1.54) is 32.8 Å². The van der Waals surface area contributed by atoms with Gasteiger partial charge in [-0.1, -0.05) is 23.7 Å². The summed E-state index contributed by atoms with van der Waals surface area (Å²) in [4.78, 5) is 41.7. The number of amides is 3. The van der Waals surface area contributed by atoms with E-state index in [0.29, 0.717) is 35.9 Å². The minimum Gasteiger partial charge on any atom is -0.444 e. The fraction of sp³-hybridized carbons (Fsp3) is 0.379. The van der Waals surface area contributed by atoms with Crippen LogP contribution < -0.4 is 0 Å². The summed E-state index contributed by atoms with van der Waals surface area (Å²) >= 11 is 6.63. The number of rotatable bonds is 4. The molecule has 5 rings (SSSR count). The maximum absolute atomic E-state index is 13.6. The Balaban J connectivity index is 1.33. The summed E-state index contributed by atoms with van der Waals surface area (Å²) in [6.45, 7) is 5.91. The van der Waals surface area contributed by atoms with E-state index < -0.39 is 40.6 Å². The first kappa shape index (κ1) is 30.0. The van der Waals surface area contributed by atoms with Crippen molar-refractivity contribution < 1.29 is 32.3 Å². The highest BCUT2D eigenvalue weighted by molar-refractivity contribution is 8.18. The van der Waals surface area contributed by atoms with E-state index in [2.05, 4.69) is 5.10 Å². The Bertz CT molecular complexity index is 1600. The first-order valence-corrected chi connectivity index (χ1v) is 14.5. The number of benzene rings is 2. The van der Waals surface area contributed by atoms with E-state index in [-0.39, 0.29) is 28.6 Å². The largest absolute Gasteiger partial charge is 0.444 e. The van der Waals surface area contributed by atoms with Crippen LogP contribution in [0.1, 0.15) is 50.3 Å². The minimum atomic E-state index is -4.56. The third-order valence-electron chi connectivity index (χ3n) is 6.90. The molecule has 0 spiro atoms. The van der Waals surface area contributed by atoms with Crippen molar-refractivity contribution in [3.63, 3.8) is 0 Å². The summed E-state index contributed by atoms with van der Waals surface area (Å²) in [5.74, 6) is -0.431. The number of fused-ring (bicyclic) bond motifs is 1. The molecule has 0 saturated carbocycles. The van der Waals surface area contributed by atoms with Crippen molar-refractivity contribution in [1.29, 1.82) is 0 Å². The van der Waals surface area contributed by atoms with Gasteiger partial charge in [0.05, 0.1) is 34.8 Å². The second-order valence-electron chi connectivity index (χ2n) is 11.2. The molecule has 3 aromatic rings. The SMILES string of the molecule is CC(C)(C)OC(=O)N1CCCC(N2C(=O)S/C(=C\c3ccc4c(cnn4Cc4ccc(Cl)cc4C(F)(F)F)c3)C2=O)C1. The number of hydrogen-bond acceptors (Lipinski definition) is 6. The molecule has 1 unspecified atom stereocenters. The number of halogens is 4. The standard InChI is InChI=1S/C29H28ClF3N4O4S/c1-28(2,3)41-26(39)35-10-4-5-21(16-35)37-25(38)24(42-27(37)40)12-17-6-9-23-19(11-17)14-34-36(23)15-18-7-8-20(30)13-22(18)29(31,32)33/h6-9,11-14,21H,4-5,10,15-16H2,1-3H3/b24-12-. The third kappa shape index (κ3) is 6.44. The summed E-state index contributed by atoms with van der Waals surface area (Å²) in [7, 11) is 0. The van der Waals surface area contributed by atoms with E-state index >= 15 is 0 Å². The molecule has 3 amide bonds. The Hall–Kier alpha value is -3.51. The zero-order valence-electron chi connectivity index (χ0n) is 23.1.